The molecule has 3 rings (SSSR count). The van der Waals surface area contributed by atoms with Gasteiger partial charge in [0.05, 0.1) is 17.8 Å². The number of carbonyl (C=O) groups is 1. The minimum absolute atomic E-state index is 0.0686. The van der Waals surface area contributed by atoms with Crippen LogP contribution in [0.1, 0.15) is 10.5 Å². The molecule has 0 atom stereocenters. The van der Waals surface area contributed by atoms with E-state index in [-0.39, 0.29) is 22.2 Å². The predicted octanol–water partition coefficient (Wildman–Crippen LogP) is 2.85. The Bertz CT molecular complexity index is 776. The van der Waals surface area contributed by atoms with Crippen molar-refractivity contribution in [2.24, 2.45) is 7.05 Å². The largest absolute Gasteiger partial charge is 0.586 e. The standard InChI is InChI=1S/C13H9ClF2N2O4/c1-18-9(5-8(17-18)12(19)20-2)6-3-10-11(4-7(6)14)22-13(15,16)21-10/h3-5H,1-2H3. The SMILES string of the molecule is COC(=O)c1cc(-c2cc3c(cc2Cl)OC(F)(F)O3)n(C)n1. The monoisotopic (exact) mass is 330 g/mol. The Hall–Kier alpha value is -2.35. The lowest BCUT2D eigenvalue weighted by Gasteiger charge is -2.05. The summed E-state index contributed by atoms with van der Waals surface area (Å²) >= 11 is 6.09. The number of rotatable bonds is 2. The van der Waals surface area contributed by atoms with E-state index in [1.165, 1.54) is 30.0 Å². The molecule has 6 nitrogen and oxygen atoms in total. The molecule has 1 aliphatic heterocycles. The van der Waals surface area contributed by atoms with Crippen LogP contribution in [0.4, 0.5) is 8.78 Å². The van der Waals surface area contributed by atoms with Gasteiger partial charge in [0.1, 0.15) is 0 Å². The van der Waals surface area contributed by atoms with Crippen molar-refractivity contribution in [3.05, 3.63) is 28.9 Å². The molecule has 0 saturated carbocycles. The minimum Gasteiger partial charge on any atom is -0.464 e. The van der Waals surface area contributed by atoms with E-state index >= 15 is 0 Å². The Kier molecular flexibility index (Phi) is 3.21. The molecule has 2 heterocycles. The fraction of sp³-hybridized carbons (Fsp3) is 0.231. The Labute approximate surface area is 128 Å². The third-order valence-electron chi connectivity index (χ3n) is 3.04. The number of ether oxygens (including phenoxy) is 3. The Morgan fingerprint density at radius 2 is 1.95 bits per heavy atom. The van der Waals surface area contributed by atoms with E-state index in [1.54, 1.807) is 7.05 Å². The van der Waals surface area contributed by atoms with Crippen LogP contribution < -0.4 is 9.47 Å². The highest BCUT2D eigenvalue weighted by atomic mass is 35.5. The maximum Gasteiger partial charge on any atom is 0.586 e. The highest BCUT2D eigenvalue weighted by molar-refractivity contribution is 6.33. The molecule has 1 aromatic carbocycles. The number of alkyl halides is 2. The smallest absolute Gasteiger partial charge is 0.464 e. The number of aryl methyl sites for hydroxylation is 1. The van der Waals surface area contributed by atoms with Crippen molar-refractivity contribution >= 4 is 17.6 Å². The van der Waals surface area contributed by atoms with Gasteiger partial charge in [0, 0.05) is 18.7 Å². The van der Waals surface area contributed by atoms with Crippen molar-refractivity contribution in [2.75, 3.05) is 7.11 Å². The molecule has 9 heteroatoms. The van der Waals surface area contributed by atoms with E-state index in [9.17, 15) is 13.6 Å². The van der Waals surface area contributed by atoms with Crippen LogP contribution in [0.25, 0.3) is 11.3 Å². The lowest BCUT2D eigenvalue weighted by molar-refractivity contribution is -0.286. The Balaban J connectivity index is 2.07. The number of nitrogens with zero attached hydrogens (tertiary/aromatic N) is 2. The molecule has 0 aliphatic carbocycles. The van der Waals surface area contributed by atoms with Crippen molar-refractivity contribution in [2.45, 2.75) is 6.29 Å². The number of benzene rings is 1. The van der Waals surface area contributed by atoms with E-state index in [4.69, 9.17) is 11.6 Å². The van der Waals surface area contributed by atoms with Gasteiger partial charge in [-0.05, 0) is 12.1 Å². The van der Waals surface area contributed by atoms with Crippen molar-refractivity contribution in [3.63, 3.8) is 0 Å². The van der Waals surface area contributed by atoms with Gasteiger partial charge in [-0.25, -0.2) is 4.79 Å². The van der Waals surface area contributed by atoms with Gasteiger partial charge >= 0.3 is 12.3 Å². The third-order valence-corrected chi connectivity index (χ3v) is 3.35. The van der Waals surface area contributed by atoms with Crippen LogP contribution in [0.2, 0.25) is 5.02 Å². The zero-order chi connectivity index (χ0) is 16.1. The number of hydrogen-bond donors (Lipinski definition) is 0. The number of carbonyl (C=O) groups excluding carboxylic acids is 1. The summed E-state index contributed by atoms with van der Waals surface area (Å²) in [5, 5.41) is 4.14. The normalized spacial score (nSPS) is 15.0. The summed E-state index contributed by atoms with van der Waals surface area (Å²) in [6.07, 6.45) is -3.73. The molecule has 116 valence electrons. The zero-order valence-electron chi connectivity index (χ0n) is 11.4. The van der Waals surface area contributed by atoms with Crippen molar-refractivity contribution < 1.29 is 27.8 Å². The Morgan fingerprint density at radius 3 is 2.59 bits per heavy atom. The third kappa shape index (κ3) is 2.35. The molecule has 0 spiro atoms. The van der Waals surface area contributed by atoms with Gasteiger partial charge in [0.15, 0.2) is 17.2 Å². The van der Waals surface area contributed by atoms with E-state index in [0.29, 0.717) is 11.3 Å². The highest BCUT2D eigenvalue weighted by Crippen LogP contribution is 2.46. The molecule has 0 amide bonds. The lowest BCUT2D eigenvalue weighted by atomic mass is 10.1. The molecule has 22 heavy (non-hydrogen) atoms. The molecule has 0 bridgehead atoms. The molecule has 0 radical (unpaired) electrons. The zero-order valence-corrected chi connectivity index (χ0v) is 12.1. The summed E-state index contributed by atoms with van der Waals surface area (Å²) < 4.78 is 40.8. The predicted molar refractivity (Wildman–Crippen MR) is 71.2 cm³/mol. The summed E-state index contributed by atoms with van der Waals surface area (Å²) in [4.78, 5) is 11.5. The maximum atomic E-state index is 13.1. The first kappa shape index (κ1) is 14.6. The first-order chi connectivity index (χ1) is 10.3. The number of fused-ring (bicyclic) bond motifs is 1. The maximum absolute atomic E-state index is 13.1. The average molecular weight is 331 g/mol. The second-order valence-corrected chi connectivity index (χ2v) is 4.88. The van der Waals surface area contributed by atoms with Gasteiger partial charge in [-0.15, -0.1) is 8.78 Å². The van der Waals surface area contributed by atoms with Gasteiger partial charge in [0.2, 0.25) is 0 Å². The molecule has 0 fully saturated rings. The first-order valence-corrected chi connectivity index (χ1v) is 6.40. The number of halogens is 3. The highest BCUT2D eigenvalue weighted by Gasteiger charge is 2.44. The fourth-order valence-corrected chi connectivity index (χ4v) is 2.34. The van der Waals surface area contributed by atoms with Crippen LogP contribution in [0.3, 0.4) is 0 Å². The number of esters is 1. The van der Waals surface area contributed by atoms with Gasteiger partial charge < -0.3 is 14.2 Å². The van der Waals surface area contributed by atoms with E-state index in [2.05, 4.69) is 19.3 Å². The molecule has 0 saturated heterocycles. The van der Waals surface area contributed by atoms with Crippen LogP contribution in [0.5, 0.6) is 11.5 Å². The van der Waals surface area contributed by atoms with Crippen LogP contribution >= 0.6 is 11.6 Å². The van der Waals surface area contributed by atoms with Crippen molar-refractivity contribution in [1.29, 1.82) is 0 Å². The second-order valence-electron chi connectivity index (χ2n) is 4.48. The molecule has 0 N–H and O–H groups in total. The summed E-state index contributed by atoms with van der Waals surface area (Å²) in [6, 6.07) is 3.96. The van der Waals surface area contributed by atoms with Crippen LogP contribution in [0, 0.1) is 0 Å². The van der Waals surface area contributed by atoms with Crippen LogP contribution in [0.15, 0.2) is 18.2 Å². The van der Waals surface area contributed by atoms with Gasteiger partial charge in [-0.2, -0.15) is 5.10 Å². The molecule has 1 aliphatic rings. The molecule has 1 aromatic heterocycles. The lowest BCUT2D eigenvalue weighted by Crippen LogP contribution is -2.25. The molecular weight excluding hydrogens is 322 g/mol. The van der Waals surface area contributed by atoms with Crippen molar-refractivity contribution in [1.82, 2.24) is 9.78 Å². The van der Waals surface area contributed by atoms with Crippen LogP contribution in [-0.4, -0.2) is 29.2 Å². The number of hydrogen-bond acceptors (Lipinski definition) is 5. The van der Waals surface area contributed by atoms with Crippen molar-refractivity contribution in [3.8, 4) is 22.8 Å². The summed E-state index contributed by atoms with van der Waals surface area (Å²) in [5.74, 6) is -0.926. The second kappa shape index (κ2) is 4.84. The van der Waals surface area contributed by atoms with Gasteiger partial charge in [-0.3, -0.25) is 4.68 Å². The van der Waals surface area contributed by atoms with Gasteiger partial charge in [0.25, 0.3) is 0 Å². The Morgan fingerprint density at radius 1 is 1.32 bits per heavy atom. The van der Waals surface area contributed by atoms with Gasteiger partial charge in [-0.1, -0.05) is 11.6 Å². The van der Waals surface area contributed by atoms with Crippen LogP contribution in [-0.2, 0) is 11.8 Å². The number of aromatic nitrogens is 2. The topological polar surface area (TPSA) is 62.6 Å². The van der Waals surface area contributed by atoms with E-state index in [0.717, 1.165) is 0 Å². The number of methoxy groups -OCH3 is 1. The molecule has 0 unspecified atom stereocenters. The van der Waals surface area contributed by atoms with E-state index in [1.807, 2.05) is 0 Å². The molecular formula is C13H9ClF2N2O4. The quantitative estimate of drug-likeness (QED) is 0.792. The summed E-state index contributed by atoms with van der Waals surface area (Å²) in [7, 11) is 2.81. The minimum atomic E-state index is -3.73. The first-order valence-electron chi connectivity index (χ1n) is 6.03. The summed E-state index contributed by atoms with van der Waals surface area (Å²) in [6.45, 7) is 0. The molecule has 2 aromatic rings. The van der Waals surface area contributed by atoms with E-state index < -0.39 is 12.3 Å². The fourth-order valence-electron chi connectivity index (χ4n) is 2.09. The average Bonchev–Trinajstić information content (AvgIpc) is 2.95. The summed E-state index contributed by atoms with van der Waals surface area (Å²) in [5.41, 5.74) is 0.873.